The molecule has 0 spiro atoms. The van der Waals surface area contributed by atoms with Crippen LogP contribution in [0.15, 0.2) is 18.3 Å². The molecule has 0 unspecified atom stereocenters. The van der Waals surface area contributed by atoms with Gasteiger partial charge in [-0.1, -0.05) is 6.07 Å². The van der Waals surface area contributed by atoms with E-state index in [0.29, 0.717) is 19.1 Å². The summed E-state index contributed by atoms with van der Waals surface area (Å²) in [5.41, 5.74) is 5.88. The zero-order valence-electron chi connectivity index (χ0n) is 8.89. The van der Waals surface area contributed by atoms with Gasteiger partial charge in [-0.3, -0.25) is 4.79 Å². The van der Waals surface area contributed by atoms with Crippen molar-refractivity contribution in [1.82, 2.24) is 4.98 Å². The van der Waals surface area contributed by atoms with Crippen LogP contribution in [0.25, 0.3) is 0 Å². The van der Waals surface area contributed by atoms with E-state index >= 15 is 0 Å². The van der Waals surface area contributed by atoms with Crippen molar-refractivity contribution in [3.05, 3.63) is 23.9 Å². The van der Waals surface area contributed by atoms with Crippen LogP contribution in [0.5, 0.6) is 5.88 Å². The molecule has 1 aliphatic heterocycles. The van der Waals surface area contributed by atoms with Crippen LogP contribution < -0.4 is 10.5 Å². The van der Waals surface area contributed by atoms with Crippen LogP contribution in [-0.2, 0) is 16.0 Å². The summed E-state index contributed by atoms with van der Waals surface area (Å²) in [5.74, 6) is 0.0947. The van der Waals surface area contributed by atoms with E-state index in [-0.39, 0.29) is 18.4 Å². The fourth-order valence-electron chi connectivity index (χ4n) is 1.62. The SMILES string of the molecule is NC(=O)Cc1cccnc1O[C@@H]1CCOC1. The van der Waals surface area contributed by atoms with Crippen LogP contribution in [-0.4, -0.2) is 30.2 Å². The Hall–Kier alpha value is -1.62. The molecular weight excluding hydrogens is 208 g/mol. The van der Waals surface area contributed by atoms with Gasteiger partial charge in [0, 0.05) is 18.2 Å². The van der Waals surface area contributed by atoms with Crippen molar-refractivity contribution in [3.8, 4) is 5.88 Å². The minimum Gasteiger partial charge on any atom is -0.472 e. The van der Waals surface area contributed by atoms with Crippen molar-refractivity contribution in [2.45, 2.75) is 18.9 Å². The van der Waals surface area contributed by atoms with Gasteiger partial charge in [-0.05, 0) is 6.07 Å². The highest BCUT2D eigenvalue weighted by Gasteiger charge is 2.19. The second-order valence-corrected chi connectivity index (χ2v) is 3.71. The first-order valence-corrected chi connectivity index (χ1v) is 5.22. The number of carbonyl (C=O) groups is 1. The molecule has 16 heavy (non-hydrogen) atoms. The Morgan fingerprint density at radius 2 is 2.56 bits per heavy atom. The van der Waals surface area contributed by atoms with Gasteiger partial charge in [0.15, 0.2) is 0 Å². The van der Waals surface area contributed by atoms with Gasteiger partial charge in [0.25, 0.3) is 0 Å². The molecule has 1 amide bonds. The van der Waals surface area contributed by atoms with Crippen molar-refractivity contribution >= 4 is 5.91 Å². The van der Waals surface area contributed by atoms with E-state index in [4.69, 9.17) is 15.2 Å². The van der Waals surface area contributed by atoms with Gasteiger partial charge in [0.1, 0.15) is 6.10 Å². The third-order valence-electron chi connectivity index (χ3n) is 2.38. The summed E-state index contributed by atoms with van der Waals surface area (Å²) in [5, 5.41) is 0. The minimum absolute atomic E-state index is 0.0292. The third-order valence-corrected chi connectivity index (χ3v) is 2.38. The first kappa shape index (κ1) is 10.9. The summed E-state index contributed by atoms with van der Waals surface area (Å²) >= 11 is 0. The number of rotatable bonds is 4. The average Bonchev–Trinajstić information content (AvgIpc) is 2.73. The molecule has 1 fully saturated rings. The smallest absolute Gasteiger partial charge is 0.222 e. The van der Waals surface area contributed by atoms with Crippen molar-refractivity contribution in [3.63, 3.8) is 0 Å². The van der Waals surface area contributed by atoms with E-state index in [9.17, 15) is 4.79 Å². The number of nitrogens with two attached hydrogens (primary N) is 1. The molecule has 0 radical (unpaired) electrons. The topological polar surface area (TPSA) is 74.4 Å². The highest BCUT2D eigenvalue weighted by molar-refractivity contribution is 5.77. The highest BCUT2D eigenvalue weighted by Crippen LogP contribution is 2.19. The van der Waals surface area contributed by atoms with Gasteiger partial charge in [-0.25, -0.2) is 4.98 Å². The van der Waals surface area contributed by atoms with Crippen molar-refractivity contribution < 1.29 is 14.3 Å². The first-order chi connectivity index (χ1) is 7.75. The fourth-order valence-corrected chi connectivity index (χ4v) is 1.62. The molecule has 0 bridgehead atoms. The van der Waals surface area contributed by atoms with Crippen LogP contribution in [0.4, 0.5) is 0 Å². The van der Waals surface area contributed by atoms with Gasteiger partial charge in [-0.2, -0.15) is 0 Å². The summed E-state index contributed by atoms with van der Waals surface area (Å²) < 4.78 is 10.9. The Labute approximate surface area is 93.6 Å². The van der Waals surface area contributed by atoms with Gasteiger partial charge in [0.05, 0.1) is 19.6 Å². The first-order valence-electron chi connectivity index (χ1n) is 5.22. The summed E-state index contributed by atoms with van der Waals surface area (Å²) in [6.45, 7) is 1.29. The number of nitrogens with zero attached hydrogens (tertiary/aromatic N) is 1. The number of aromatic nitrogens is 1. The Morgan fingerprint density at radius 1 is 1.69 bits per heavy atom. The molecule has 1 aliphatic rings. The molecule has 1 aromatic heterocycles. The Bertz CT molecular complexity index is 375. The average molecular weight is 222 g/mol. The zero-order chi connectivity index (χ0) is 11.4. The van der Waals surface area contributed by atoms with Crippen molar-refractivity contribution in [2.24, 2.45) is 5.73 Å². The Balaban J connectivity index is 2.09. The van der Waals surface area contributed by atoms with E-state index in [1.54, 1.807) is 18.3 Å². The van der Waals surface area contributed by atoms with E-state index < -0.39 is 0 Å². The lowest BCUT2D eigenvalue weighted by Crippen LogP contribution is -2.19. The number of ether oxygens (including phenoxy) is 2. The molecule has 2 heterocycles. The van der Waals surface area contributed by atoms with Crippen LogP contribution in [0.3, 0.4) is 0 Å². The quantitative estimate of drug-likeness (QED) is 0.793. The van der Waals surface area contributed by atoms with Crippen molar-refractivity contribution in [1.29, 1.82) is 0 Å². The van der Waals surface area contributed by atoms with Crippen LogP contribution in [0, 0.1) is 0 Å². The summed E-state index contributed by atoms with van der Waals surface area (Å²) in [7, 11) is 0. The van der Waals surface area contributed by atoms with Gasteiger partial charge in [0.2, 0.25) is 11.8 Å². The highest BCUT2D eigenvalue weighted by atomic mass is 16.5. The fraction of sp³-hybridized carbons (Fsp3) is 0.455. The molecule has 5 nitrogen and oxygen atoms in total. The molecule has 2 rings (SSSR count). The minimum atomic E-state index is -0.388. The molecule has 1 saturated heterocycles. The maximum atomic E-state index is 10.9. The summed E-state index contributed by atoms with van der Waals surface area (Å²) in [4.78, 5) is 15.0. The second kappa shape index (κ2) is 4.94. The zero-order valence-corrected chi connectivity index (χ0v) is 8.89. The lowest BCUT2D eigenvalue weighted by atomic mass is 10.2. The van der Waals surface area contributed by atoms with Gasteiger partial charge in [-0.15, -0.1) is 0 Å². The predicted molar refractivity (Wildman–Crippen MR) is 57.0 cm³/mol. The van der Waals surface area contributed by atoms with E-state index in [2.05, 4.69) is 4.98 Å². The number of pyridine rings is 1. The Kier molecular flexibility index (Phi) is 3.36. The maximum absolute atomic E-state index is 10.9. The van der Waals surface area contributed by atoms with Gasteiger partial charge < -0.3 is 15.2 Å². The lowest BCUT2D eigenvalue weighted by Gasteiger charge is -2.13. The largest absolute Gasteiger partial charge is 0.472 e. The van der Waals surface area contributed by atoms with E-state index in [1.807, 2.05) is 0 Å². The van der Waals surface area contributed by atoms with Crippen LogP contribution in [0.2, 0.25) is 0 Å². The second-order valence-electron chi connectivity index (χ2n) is 3.71. The van der Waals surface area contributed by atoms with E-state index in [0.717, 1.165) is 12.0 Å². The standard InChI is InChI=1S/C11H14N2O3/c12-10(14)6-8-2-1-4-13-11(8)16-9-3-5-15-7-9/h1-2,4,9H,3,5-7H2,(H2,12,14)/t9-/m1/s1. The van der Waals surface area contributed by atoms with Crippen molar-refractivity contribution in [2.75, 3.05) is 13.2 Å². The molecule has 0 saturated carbocycles. The number of hydrogen-bond acceptors (Lipinski definition) is 4. The van der Waals surface area contributed by atoms with Crippen LogP contribution >= 0.6 is 0 Å². The van der Waals surface area contributed by atoms with Crippen LogP contribution in [0.1, 0.15) is 12.0 Å². The van der Waals surface area contributed by atoms with Gasteiger partial charge >= 0.3 is 0 Å². The Morgan fingerprint density at radius 3 is 3.25 bits per heavy atom. The summed E-state index contributed by atoms with van der Waals surface area (Å²) in [6, 6.07) is 3.55. The maximum Gasteiger partial charge on any atom is 0.222 e. The molecule has 5 heteroatoms. The number of carbonyl (C=O) groups excluding carboxylic acids is 1. The molecule has 86 valence electrons. The number of hydrogen-bond donors (Lipinski definition) is 1. The predicted octanol–water partition coefficient (Wildman–Crippen LogP) is 0.277. The lowest BCUT2D eigenvalue weighted by molar-refractivity contribution is -0.117. The molecule has 1 aromatic rings. The third kappa shape index (κ3) is 2.70. The van der Waals surface area contributed by atoms with E-state index in [1.165, 1.54) is 0 Å². The monoisotopic (exact) mass is 222 g/mol. The summed E-state index contributed by atoms with van der Waals surface area (Å²) in [6.07, 6.45) is 2.67. The molecule has 0 aliphatic carbocycles. The molecule has 0 aromatic carbocycles. The molecule has 2 N–H and O–H groups in total. The molecule has 1 atom stereocenters. The number of amides is 1. The number of primary amides is 1. The normalized spacial score (nSPS) is 19.6. The molecular formula is C11H14N2O3.